The summed E-state index contributed by atoms with van der Waals surface area (Å²) >= 11 is 0. The van der Waals surface area contributed by atoms with E-state index >= 15 is 0 Å². The van der Waals surface area contributed by atoms with Crippen LogP contribution in [0.1, 0.15) is 20.8 Å². The molecule has 9 heteroatoms. The predicted molar refractivity (Wildman–Crippen MR) is 136 cm³/mol. The van der Waals surface area contributed by atoms with Gasteiger partial charge in [-0.1, -0.05) is 6.07 Å². The van der Waals surface area contributed by atoms with E-state index in [0.29, 0.717) is 6.61 Å². The zero-order valence-electron chi connectivity index (χ0n) is 20.7. The Balaban J connectivity index is 1.32. The first-order valence-corrected chi connectivity index (χ1v) is 12.4. The minimum atomic E-state index is 0.126. The molecule has 2 saturated heterocycles. The van der Waals surface area contributed by atoms with Gasteiger partial charge in [-0.15, -0.1) is 0 Å². The third kappa shape index (κ3) is 5.11. The quantitative estimate of drug-likeness (QED) is 0.583. The Morgan fingerprint density at radius 1 is 1.20 bits per heavy atom. The second kappa shape index (κ2) is 10.2. The van der Waals surface area contributed by atoms with E-state index in [-0.39, 0.29) is 18.0 Å². The van der Waals surface area contributed by atoms with Gasteiger partial charge >= 0.3 is 0 Å². The second-order valence-electron chi connectivity index (χ2n) is 9.48. The number of H-pyrrole nitrogens is 1. The van der Waals surface area contributed by atoms with Crippen LogP contribution in [-0.2, 0) is 9.53 Å². The number of rotatable bonds is 6. The highest BCUT2D eigenvalue weighted by Gasteiger charge is 2.31. The number of fused-ring (bicyclic) bond motifs is 1. The van der Waals surface area contributed by atoms with Crippen LogP contribution in [-0.4, -0.2) is 95.3 Å². The van der Waals surface area contributed by atoms with Crippen LogP contribution in [0.5, 0.6) is 5.75 Å². The van der Waals surface area contributed by atoms with Crippen LogP contribution in [0, 0.1) is 0 Å². The number of carbonyl (C=O) groups is 1. The molecule has 5 rings (SSSR count). The van der Waals surface area contributed by atoms with Crippen LogP contribution in [0.4, 0.5) is 5.82 Å². The maximum atomic E-state index is 12.0. The molecule has 1 N–H and O–H groups in total. The maximum absolute atomic E-state index is 12.0. The Morgan fingerprint density at radius 2 is 1.97 bits per heavy atom. The van der Waals surface area contributed by atoms with Gasteiger partial charge in [-0.05, 0) is 32.0 Å². The summed E-state index contributed by atoms with van der Waals surface area (Å²) < 4.78 is 11.4. The van der Waals surface area contributed by atoms with Gasteiger partial charge in [0.2, 0.25) is 5.91 Å². The van der Waals surface area contributed by atoms with Gasteiger partial charge in [0.25, 0.3) is 0 Å². The van der Waals surface area contributed by atoms with E-state index in [2.05, 4.69) is 33.6 Å². The lowest BCUT2D eigenvalue weighted by Gasteiger charge is -2.44. The Morgan fingerprint density at radius 3 is 2.71 bits per heavy atom. The van der Waals surface area contributed by atoms with Gasteiger partial charge in [-0.25, -0.2) is 9.97 Å². The molecule has 2 fully saturated rings. The number of morpholine rings is 1. The Hall–Kier alpha value is -3.17. The van der Waals surface area contributed by atoms with E-state index in [1.165, 1.54) is 0 Å². The summed E-state index contributed by atoms with van der Waals surface area (Å²) in [5.74, 6) is 1.80. The van der Waals surface area contributed by atoms with Crippen molar-refractivity contribution in [3.8, 4) is 17.0 Å². The largest absolute Gasteiger partial charge is 0.491 e. The molecule has 35 heavy (non-hydrogen) atoms. The molecule has 0 aromatic carbocycles. The minimum absolute atomic E-state index is 0.126. The zero-order valence-corrected chi connectivity index (χ0v) is 20.7. The van der Waals surface area contributed by atoms with E-state index in [0.717, 1.165) is 79.8 Å². The van der Waals surface area contributed by atoms with Crippen LogP contribution >= 0.6 is 0 Å². The topological polar surface area (TPSA) is 86.8 Å². The summed E-state index contributed by atoms with van der Waals surface area (Å²) in [6.07, 6.45) is 3.73. The van der Waals surface area contributed by atoms with Gasteiger partial charge < -0.3 is 24.3 Å². The van der Waals surface area contributed by atoms with Crippen molar-refractivity contribution >= 4 is 22.8 Å². The summed E-state index contributed by atoms with van der Waals surface area (Å²) in [6.45, 7) is 12.3. The molecule has 5 heterocycles. The van der Waals surface area contributed by atoms with Crippen molar-refractivity contribution in [1.82, 2.24) is 24.8 Å². The van der Waals surface area contributed by atoms with Crippen LogP contribution in [0.3, 0.4) is 0 Å². The van der Waals surface area contributed by atoms with E-state index in [9.17, 15) is 4.79 Å². The van der Waals surface area contributed by atoms with Gasteiger partial charge in [-0.2, -0.15) is 0 Å². The van der Waals surface area contributed by atoms with Gasteiger partial charge in [0.1, 0.15) is 23.8 Å². The van der Waals surface area contributed by atoms with Crippen molar-refractivity contribution < 1.29 is 14.3 Å². The number of amides is 1. The van der Waals surface area contributed by atoms with Crippen LogP contribution in [0.2, 0.25) is 0 Å². The Kier molecular flexibility index (Phi) is 6.88. The highest BCUT2D eigenvalue weighted by molar-refractivity contribution is 5.93. The smallest absolute Gasteiger partial charge is 0.220 e. The van der Waals surface area contributed by atoms with Crippen molar-refractivity contribution in [3.63, 3.8) is 0 Å². The number of aromatic nitrogens is 3. The van der Waals surface area contributed by atoms with Crippen molar-refractivity contribution in [1.29, 1.82) is 0 Å². The number of hydrogen-bond donors (Lipinski definition) is 1. The molecule has 2 aliphatic heterocycles. The van der Waals surface area contributed by atoms with E-state index in [4.69, 9.17) is 14.5 Å². The zero-order chi connectivity index (χ0) is 24.4. The molecule has 0 spiro atoms. The van der Waals surface area contributed by atoms with E-state index < -0.39 is 0 Å². The number of ether oxygens (including phenoxy) is 2. The third-order valence-electron chi connectivity index (χ3n) is 6.90. The number of nitrogens with one attached hydrogen (secondary N) is 1. The van der Waals surface area contributed by atoms with Crippen LogP contribution < -0.4 is 9.64 Å². The minimum Gasteiger partial charge on any atom is -0.491 e. The van der Waals surface area contributed by atoms with Crippen molar-refractivity contribution in [2.45, 2.75) is 32.9 Å². The molecule has 2 atom stereocenters. The SMILES string of the molecule is CC(=O)N1C(C)CN(c2cccc(-c3c[nH]c4ncc(OCCN5CCOCC5)cc34)n2)CC1C. The Labute approximate surface area is 206 Å². The summed E-state index contributed by atoms with van der Waals surface area (Å²) in [5, 5.41) is 0.988. The van der Waals surface area contributed by atoms with E-state index in [1.54, 1.807) is 13.1 Å². The first-order chi connectivity index (χ1) is 17.0. The van der Waals surface area contributed by atoms with Crippen LogP contribution in [0.15, 0.2) is 36.7 Å². The lowest BCUT2D eigenvalue weighted by molar-refractivity contribution is -0.133. The number of carbonyl (C=O) groups excluding carboxylic acids is 1. The molecular weight excluding hydrogens is 444 g/mol. The summed E-state index contributed by atoms with van der Waals surface area (Å²) in [5.41, 5.74) is 2.69. The van der Waals surface area contributed by atoms with Gasteiger partial charge in [-0.3, -0.25) is 9.69 Å². The van der Waals surface area contributed by atoms with E-state index in [1.807, 2.05) is 35.4 Å². The predicted octanol–water partition coefficient (Wildman–Crippen LogP) is 2.78. The first kappa shape index (κ1) is 23.6. The first-order valence-electron chi connectivity index (χ1n) is 12.4. The maximum Gasteiger partial charge on any atom is 0.220 e. The number of pyridine rings is 2. The molecule has 3 aromatic heterocycles. The number of anilines is 1. The third-order valence-corrected chi connectivity index (χ3v) is 6.90. The molecule has 186 valence electrons. The highest BCUT2D eigenvalue weighted by Crippen LogP contribution is 2.31. The average molecular weight is 479 g/mol. The number of piperazine rings is 1. The lowest BCUT2D eigenvalue weighted by Crippen LogP contribution is -2.58. The fourth-order valence-electron chi connectivity index (χ4n) is 5.27. The second-order valence-corrected chi connectivity index (χ2v) is 9.48. The molecule has 0 bridgehead atoms. The molecule has 2 aliphatic rings. The summed E-state index contributed by atoms with van der Waals surface area (Å²) in [7, 11) is 0. The van der Waals surface area contributed by atoms with Gasteiger partial charge in [0.05, 0.1) is 25.1 Å². The molecular formula is C26H34N6O3. The van der Waals surface area contributed by atoms with Crippen molar-refractivity contribution in [3.05, 3.63) is 36.7 Å². The monoisotopic (exact) mass is 478 g/mol. The summed E-state index contributed by atoms with van der Waals surface area (Å²) in [6, 6.07) is 8.42. The molecule has 1 amide bonds. The van der Waals surface area contributed by atoms with Crippen LogP contribution in [0.25, 0.3) is 22.3 Å². The molecule has 2 unspecified atom stereocenters. The normalized spacial score (nSPS) is 21.5. The Bertz CT molecular complexity index is 1160. The van der Waals surface area contributed by atoms with Gasteiger partial charge in [0, 0.05) is 68.9 Å². The molecule has 9 nitrogen and oxygen atoms in total. The number of nitrogens with zero attached hydrogens (tertiary/aromatic N) is 5. The van der Waals surface area contributed by atoms with Crippen molar-refractivity contribution in [2.75, 3.05) is 57.4 Å². The molecule has 0 aliphatic carbocycles. The summed E-state index contributed by atoms with van der Waals surface area (Å²) in [4.78, 5) is 31.4. The fourth-order valence-corrected chi connectivity index (χ4v) is 5.27. The molecule has 0 saturated carbocycles. The number of hydrogen-bond acceptors (Lipinski definition) is 7. The van der Waals surface area contributed by atoms with Crippen molar-refractivity contribution in [2.24, 2.45) is 0 Å². The number of aromatic amines is 1. The standard InChI is InChI=1S/C26H34N6O3/c1-18-16-31(17-19(2)32(18)20(3)33)25-6-4-5-24(29-25)23-15-28-26-22(23)13-21(14-27-26)35-12-9-30-7-10-34-11-8-30/h4-6,13-15,18-19H,7-12,16-17H2,1-3H3,(H,27,28). The molecule has 0 radical (unpaired) electrons. The highest BCUT2D eigenvalue weighted by atomic mass is 16.5. The average Bonchev–Trinajstić information content (AvgIpc) is 3.27. The fraction of sp³-hybridized carbons (Fsp3) is 0.500. The van der Waals surface area contributed by atoms with Gasteiger partial charge in [0.15, 0.2) is 0 Å². The lowest BCUT2D eigenvalue weighted by atomic mass is 10.1. The molecule has 3 aromatic rings.